The van der Waals surface area contributed by atoms with Gasteiger partial charge in [0.15, 0.2) is 12.1 Å². The van der Waals surface area contributed by atoms with Gasteiger partial charge in [0, 0.05) is 36.9 Å². The average molecular weight is 455 g/mol. The van der Waals surface area contributed by atoms with Gasteiger partial charge in [-0.15, -0.1) is 0 Å². The number of rotatable bonds is 5. The largest absolute Gasteiger partial charge is 0.366 e. The van der Waals surface area contributed by atoms with Crippen LogP contribution in [0.2, 0.25) is 0 Å². The van der Waals surface area contributed by atoms with Crippen LogP contribution in [-0.2, 0) is 4.74 Å². The van der Waals surface area contributed by atoms with Crippen LogP contribution in [0.3, 0.4) is 0 Å². The van der Waals surface area contributed by atoms with Crippen molar-refractivity contribution < 1.29 is 24.5 Å². The van der Waals surface area contributed by atoms with E-state index in [0.717, 1.165) is 29.4 Å². The number of ether oxygens (including phenoxy) is 1. The van der Waals surface area contributed by atoms with E-state index >= 15 is 0 Å². The highest BCUT2D eigenvalue weighted by Crippen LogP contribution is 2.32. The number of nitrogens with zero attached hydrogens (tertiary/aromatic N) is 4. The van der Waals surface area contributed by atoms with Gasteiger partial charge in [0.2, 0.25) is 0 Å². The second kappa shape index (κ2) is 10.2. The van der Waals surface area contributed by atoms with Gasteiger partial charge in [-0.05, 0) is 45.2 Å². The molecule has 3 aromatic rings. The summed E-state index contributed by atoms with van der Waals surface area (Å²) in [6.07, 6.45) is 7.64. The lowest BCUT2D eigenvalue weighted by Gasteiger charge is -2.22. The quantitative estimate of drug-likeness (QED) is 0.449. The minimum Gasteiger partial charge on any atom is -0.366 e. The molecule has 4 rings (SSSR count). The number of benzene rings is 1. The fourth-order valence-corrected chi connectivity index (χ4v) is 3.78. The van der Waals surface area contributed by atoms with Gasteiger partial charge < -0.3 is 24.4 Å². The highest BCUT2D eigenvalue weighted by atomic mass is 16.5. The summed E-state index contributed by atoms with van der Waals surface area (Å²) < 4.78 is 8.27. The molecule has 1 aliphatic heterocycles. The molecule has 1 saturated heterocycles. The molecule has 9 nitrogen and oxygen atoms in total. The van der Waals surface area contributed by atoms with Gasteiger partial charge in [0.05, 0.1) is 11.7 Å². The van der Waals surface area contributed by atoms with Crippen LogP contribution in [-0.4, -0.2) is 67.3 Å². The van der Waals surface area contributed by atoms with Crippen molar-refractivity contribution in [2.75, 3.05) is 13.6 Å². The van der Waals surface area contributed by atoms with Crippen LogP contribution in [0.4, 0.5) is 0 Å². The molecule has 0 aliphatic carbocycles. The zero-order valence-corrected chi connectivity index (χ0v) is 19.3. The van der Waals surface area contributed by atoms with Crippen molar-refractivity contribution in [2.24, 2.45) is 0 Å². The number of hydrogen-bond donors (Lipinski definition) is 2. The lowest BCUT2D eigenvalue weighted by molar-refractivity contribution is -0.127. The van der Waals surface area contributed by atoms with Gasteiger partial charge in [0.1, 0.15) is 18.2 Å². The van der Waals surface area contributed by atoms with Gasteiger partial charge in [-0.3, -0.25) is 9.59 Å². The fraction of sp³-hybridized carbons (Fsp3) is 0.417. The fourth-order valence-electron chi connectivity index (χ4n) is 3.78. The van der Waals surface area contributed by atoms with Crippen molar-refractivity contribution in [3.05, 3.63) is 59.7 Å². The Labute approximate surface area is 192 Å². The number of fused-ring (bicyclic) bond motifs is 1. The normalized spacial score (nSPS) is 18.0. The van der Waals surface area contributed by atoms with Crippen molar-refractivity contribution in [3.63, 3.8) is 0 Å². The van der Waals surface area contributed by atoms with Gasteiger partial charge >= 0.3 is 0 Å². The number of aldehydes is 1. The number of aliphatic hydroxyl groups is 2. The van der Waals surface area contributed by atoms with Crippen molar-refractivity contribution in [3.8, 4) is 0 Å². The number of hydrogen-bond acceptors (Lipinski definition) is 7. The van der Waals surface area contributed by atoms with E-state index in [9.17, 15) is 9.59 Å². The summed E-state index contributed by atoms with van der Waals surface area (Å²) in [4.78, 5) is 34.0. The minimum atomic E-state index is -1.50. The molecule has 2 aromatic heterocycles. The number of carbonyl (C=O) groups is 2. The Kier molecular flexibility index (Phi) is 7.57. The lowest BCUT2D eigenvalue weighted by Crippen LogP contribution is -2.34. The Morgan fingerprint density at radius 1 is 1.30 bits per heavy atom. The molecule has 9 heteroatoms. The first kappa shape index (κ1) is 24.5. The van der Waals surface area contributed by atoms with Crippen LogP contribution in [0.15, 0.2) is 43.0 Å². The SMILES string of the molecule is CC(C)(O)O.Cc1cn(C2CCC(CN(C)C(=O)c3ccccc3C=O)O2)c2ncncc12. The zero-order chi connectivity index (χ0) is 24.2. The number of amides is 1. The van der Waals surface area contributed by atoms with E-state index in [1.165, 1.54) is 13.8 Å². The van der Waals surface area contributed by atoms with E-state index in [-0.39, 0.29) is 18.2 Å². The summed E-state index contributed by atoms with van der Waals surface area (Å²) in [5.41, 5.74) is 2.79. The van der Waals surface area contributed by atoms with Crippen LogP contribution in [0.5, 0.6) is 0 Å². The maximum Gasteiger partial charge on any atom is 0.254 e. The Bertz CT molecular complexity index is 1120. The van der Waals surface area contributed by atoms with E-state index in [1.807, 2.05) is 19.3 Å². The number of aryl methyl sites for hydroxylation is 1. The minimum absolute atomic E-state index is 0.0677. The molecule has 1 aliphatic rings. The molecule has 0 saturated carbocycles. The van der Waals surface area contributed by atoms with Gasteiger partial charge in [0.25, 0.3) is 5.91 Å². The Morgan fingerprint density at radius 3 is 2.70 bits per heavy atom. The maximum absolute atomic E-state index is 12.7. The third-order valence-electron chi connectivity index (χ3n) is 5.23. The van der Waals surface area contributed by atoms with Crippen molar-refractivity contribution >= 4 is 23.2 Å². The third-order valence-corrected chi connectivity index (χ3v) is 5.23. The van der Waals surface area contributed by atoms with Crippen LogP contribution >= 0.6 is 0 Å². The Hall–Kier alpha value is -3.14. The Morgan fingerprint density at radius 2 is 2.00 bits per heavy atom. The number of carbonyl (C=O) groups excluding carboxylic acids is 2. The average Bonchev–Trinajstić information content (AvgIpc) is 3.36. The summed E-state index contributed by atoms with van der Waals surface area (Å²) in [5, 5.41) is 17.2. The first-order valence-corrected chi connectivity index (χ1v) is 10.8. The standard InChI is InChI=1S/C21H22N4O3.C3H8O2/c1-14-10-25(20-18(14)9-22-13-23-20)19-8-7-16(28-19)11-24(2)21(27)17-6-4-3-5-15(17)12-26;1-3(2,4)5/h3-6,9-10,12-13,16,19H,7-8,11H2,1-2H3;4-5H,1-2H3. The number of aromatic nitrogens is 3. The summed E-state index contributed by atoms with van der Waals surface area (Å²) in [6, 6.07) is 6.84. The van der Waals surface area contributed by atoms with Gasteiger partial charge in [-0.25, -0.2) is 9.97 Å². The first-order valence-electron chi connectivity index (χ1n) is 10.8. The van der Waals surface area contributed by atoms with Crippen LogP contribution in [0.1, 0.15) is 59.2 Å². The summed E-state index contributed by atoms with van der Waals surface area (Å²) in [5.74, 6) is -1.68. The molecule has 0 radical (unpaired) electrons. The van der Waals surface area contributed by atoms with Gasteiger partial charge in [-0.2, -0.15) is 0 Å². The van der Waals surface area contributed by atoms with Crippen molar-refractivity contribution in [1.82, 2.24) is 19.4 Å². The molecule has 2 atom stereocenters. The van der Waals surface area contributed by atoms with E-state index < -0.39 is 5.79 Å². The highest BCUT2D eigenvalue weighted by molar-refractivity contribution is 6.01. The number of likely N-dealkylation sites (N-methyl/N-ethyl adjacent to an activating group) is 1. The molecule has 33 heavy (non-hydrogen) atoms. The predicted octanol–water partition coefficient (Wildman–Crippen LogP) is 2.71. The van der Waals surface area contributed by atoms with E-state index in [4.69, 9.17) is 14.9 Å². The van der Waals surface area contributed by atoms with Crippen molar-refractivity contribution in [1.29, 1.82) is 0 Å². The summed E-state index contributed by atoms with van der Waals surface area (Å²) in [7, 11) is 1.74. The van der Waals surface area contributed by atoms with E-state index in [2.05, 4.69) is 14.5 Å². The molecule has 176 valence electrons. The lowest BCUT2D eigenvalue weighted by atomic mass is 10.1. The Balaban J connectivity index is 0.000000555. The molecule has 2 N–H and O–H groups in total. The monoisotopic (exact) mass is 454 g/mol. The molecule has 0 bridgehead atoms. The topological polar surface area (TPSA) is 118 Å². The smallest absolute Gasteiger partial charge is 0.254 e. The molecule has 1 fully saturated rings. The second-order valence-corrected chi connectivity index (χ2v) is 8.65. The van der Waals surface area contributed by atoms with Crippen LogP contribution in [0.25, 0.3) is 11.0 Å². The van der Waals surface area contributed by atoms with Crippen molar-refractivity contribution in [2.45, 2.75) is 51.7 Å². The third kappa shape index (κ3) is 6.22. The highest BCUT2D eigenvalue weighted by Gasteiger charge is 2.30. The first-order chi connectivity index (χ1) is 15.6. The van der Waals surface area contributed by atoms with Crippen LogP contribution < -0.4 is 0 Å². The summed E-state index contributed by atoms with van der Waals surface area (Å²) >= 11 is 0. The van der Waals surface area contributed by atoms with Gasteiger partial charge in [-0.1, -0.05) is 18.2 Å². The molecule has 1 aromatic carbocycles. The molecule has 2 unspecified atom stereocenters. The van der Waals surface area contributed by atoms with Crippen LogP contribution in [0, 0.1) is 6.92 Å². The second-order valence-electron chi connectivity index (χ2n) is 8.65. The molecule has 0 spiro atoms. The molecular formula is C24H30N4O5. The summed E-state index contributed by atoms with van der Waals surface area (Å²) in [6.45, 7) is 5.10. The molecular weight excluding hydrogens is 424 g/mol. The van der Waals surface area contributed by atoms with E-state index in [0.29, 0.717) is 24.0 Å². The maximum atomic E-state index is 12.7. The van der Waals surface area contributed by atoms with E-state index in [1.54, 1.807) is 42.5 Å². The predicted molar refractivity (Wildman–Crippen MR) is 123 cm³/mol. The molecule has 3 heterocycles. The molecule has 1 amide bonds. The zero-order valence-electron chi connectivity index (χ0n) is 19.3.